The van der Waals surface area contributed by atoms with Gasteiger partial charge in [-0.15, -0.1) is 0 Å². The Morgan fingerprint density at radius 3 is 2.70 bits per heavy atom. The average molecular weight is 263 g/mol. The summed E-state index contributed by atoms with van der Waals surface area (Å²) in [5, 5.41) is 2.53. The molecule has 1 aromatic heterocycles. The number of aryl methyl sites for hydroxylation is 1. The molecule has 0 fully saturated rings. The number of hydrogen-bond donors (Lipinski definition) is 1. The molecule has 3 aromatic rings. The van der Waals surface area contributed by atoms with Gasteiger partial charge in [0.2, 0.25) is 0 Å². The van der Waals surface area contributed by atoms with Gasteiger partial charge in [0, 0.05) is 27.4 Å². The normalized spacial score (nSPS) is 16.4. The van der Waals surface area contributed by atoms with E-state index in [0.717, 1.165) is 11.3 Å². The van der Waals surface area contributed by atoms with Gasteiger partial charge in [0.15, 0.2) is 0 Å². The molecule has 2 nitrogen and oxygen atoms in total. The van der Waals surface area contributed by atoms with E-state index in [1.165, 1.54) is 27.4 Å². The molecule has 20 heavy (non-hydrogen) atoms. The summed E-state index contributed by atoms with van der Waals surface area (Å²) < 4.78 is 6.08. The van der Waals surface area contributed by atoms with Crippen molar-refractivity contribution in [2.24, 2.45) is 0 Å². The molecule has 1 N–H and O–H groups in total. The summed E-state index contributed by atoms with van der Waals surface area (Å²) in [6.07, 6.45) is 4.32. The van der Waals surface area contributed by atoms with Gasteiger partial charge < -0.3 is 9.72 Å². The van der Waals surface area contributed by atoms with Crippen LogP contribution in [-0.4, -0.2) is 10.6 Å². The summed E-state index contributed by atoms with van der Waals surface area (Å²) in [6, 6.07) is 10.7. The second-order valence-electron chi connectivity index (χ2n) is 6.11. The highest BCUT2D eigenvalue weighted by molar-refractivity contribution is 6.12. The van der Waals surface area contributed by atoms with E-state index >= 15 is 0 Å². The van der Waals surface area contributed by atoms with Crippen LogP contribution in [-0.2, 0) is 0 Å². The van der Waals surface area contributed by atoms with Gasteiger partial charge in [0.05, 0.1) is 0 Å². The van der Waals surface area contributed by atoms with Crippen LogP contribution in [0.5, 0.6) is 5.75 Å². The highest BCUT2D eigenvalue weighted by atomic mass is 16.5. The maximum absolute atomic E-state index is 6.08. The molecule has 0 unspecified atom stereocenters. The predicted molar refractivity (Wildman–Crippen MR) is 84.3 cm³/mol. The lowest BCUT2D eigenvalue weighted by Gasteiger charge is -2.28. The van der Waals surface area contributed by atoms with Gasteiger partial charge in [0.1, 0.15) is 11.4 Å². The minimum Gasteiger partial charge on any atom is -0.483 e. The molecule has 0 saturated carbocycles. The van der Waals surface area contributed by atoms with Gasteiger partial charge in [-0.05, 0) is 51.1 Å². The molecule has 0 bridgehead atoms. The van der Waals surface area contributed by atoms with Crippen molar-refractivity contribution in [2.45, 2.75) is 26.4 Å². The minimum absolute atomic E-state index is 0.233. The van der Waals surface area contributed by atoms with Gasteiger partial charge >= 0.3 is 0 Å². The number of aromatic amines is 1. The van der Waals surface area contributed by atoms with Crippen molar-refractivity contribution in [1.29, 1.82) is 0 Å². The fourth-order valence-electron chi connectivity index (χ4n) is 2.97. The molecule has 0 atom stereocenters. The fourth-order valence-corrected chi connectivity index (χ4v) is 2.97. The quantitative estimate of drug-likeness (QED) is 0.618. The molecule has 0 aliphatic carbocycles. The van der Waals surface area contributed by atoms with Crippen LogP contribution in [0.1, 0.15) is 25.0 Å². The number of benzene rings is 2. The summed E-state index contributed by atoms with van der Waals surface area (Å²) >= 11 is 0. The van der Waals surface area contributed by atoms with E-state index in [2.05, 4.69) is 68.2 Å². The van der Waals surface area contributed by atoms with E-state index in [4.69, 9.17) is 4.74 Å². The highest BCUT2D eigenvalue weighted by Crippen LogP contribution is 2.39. The Bertz CT molecular complexity index is 868. The van der Waals surface area contributed by atoms with Crippen LogP contribution in [0, 0.1) is 6.92 Å². The summed E-state index contributed by atoms with van der Waals surface area (Å²) in [7, 11) is 0. The smallest absolute Gasteiger partial charge is 0.128 e. The molecule has 2 aromatic carbocycles. The molecular formula is C18H17NO. The van der Waals surface area contributed by atoms with Crippen LogP contribution in [0.4, 0.5) is 0 Å². The zero-order chi connectivity index (χ0) is 13.9. The number of fused-ring (bicyclic) bond motifs is 5. The molecular weight excluding hydrogens is 246 g/mol. The maximum Gasteiger partial charge on any atom is 0.128 e. The molecule has 4 rings (SSSR count). The van der Waals surface area contributed by atoms with Crippen molar-refractivity contribution in [3.63, 3.8) is 0 Å². The highest BCUT2D eigenvalue weighted by Gasteiger charge is 2.23. The third-order valence-corrected chi connectivity index (χ3v) is 3.94. The maximum atomic E-state index is 6.08. The van der Waals surface area contributed by atoms with Gasteiger partial charge in [-0.2, -0.15) is 0 Å². The lowest BCUT2D eigenvalue weighted by atomic mass is 9.98. The lowest BCUT2D eigenvalue weighted by molar-refractivity contribution is 0.159. The minimum atomic E-state index is -0.233. The summed E-state index contributed by atoms with van der Waals surface area (Å²) in [4.78, 5) is 3.49. The SMILES string of the molecule is Cc1ccc2[nH]c3ccc4c(c3c2c1)C=CC(C)(C)O4. The van der Waals surface area contributed by atoms with Crippen LogP contribution in [0.25, 0.3) is 27.9 Å². The molecule has 0 amide bonds. The first kappa shape index (κ1) is 11.6. The Labute approximate surface area is 118 Å². The number of nitrogens with one attached hydrogen (secondary N) is 1. The van der Waals surface area contributed by atoms with E-state index < -0.39 is 0 Å². The Balaban J connectivity index is 2.13. The number of hydrogen-bond acceptors (Lipinski definition) is 1. The van der Waals surface area contributed by atoms with E-state index in [9.17, 15) is 0 Å². The molecule has 2 heterocycles. The van der Waals surface area contributed by atoms with Crippen LogP contribution < -0.4 is 4.74 Å². The van der Waals surface area contributed by atoms with Crippen molar-refractivity contribution < 1.29 is 4.74 Å². The van der Waals surface area contributed by atoms with Gasteiger partial charge in [-0.3, -0.25) is 0 Å². The summed E-state index contributed by atoms with van der Waals surface area (Å²) in [6.45, 7) is 6.29. The third kappa shape index (κ3) is 1.58. The molecule has 1 aliphatic rings. The van der Waals surface area contributed by atoms with Gasteiger partial charge in [-0.1, -0.05) is 17.7 Å². The van der Waals surface area contributed by atoms with Crippen LogP contribution in [0.15, 0.2) is 36.4 Å². The molecule has 0 radical (unpaired) electrons. The largest absolute Gasteiger partial charge is 0.483 e. The standard InChI is InChI=1S/C18H17NO/c1-11-4-5-14-13(10-11)17-12-8-9-18(2,3)20-16(12)7-6-15(17)19-14/h4-10,19H,1-3H3. The molecule has 0 saturated heterocycles. The third-order valence-electron chi connectivity index (χ3n) is 3.94. The molecule has 2 heteroatoms. The summed E-state index contributed by atoms with van der Waals surface area (Å²) in [5.74, 6) is 0.965. The van der Waals surface area contributed by atoms with Crippen LogP contribution in [0.3, 0.4) is 0 Å². The van der Waals surface area contributed by atoms with E-state index in [1.807, 2.05) is 0 Å². The molecule has 0 spiro atoms. The van der Waals surface area contributed by atoms with Crippen LogP contribution in [0.2, 0.25) is 0 Å². The first-order valence-corrected chi connectivity index (χ1v) is 6.97. The van der Waals surface area contributed by atoms with Crippen molar-refractivity contribution in [3.05, 3.63) is 47.5 Å². The summed E-state index contributed by atoms with van der Waals surface area (Å²) in [5.41, 5.74) is 4.56. The van der Waals surface area contributed by atoms with Crippen LogP contribution >= 0.6 is 0 Å². The predicted octanol–water partition coefficient (Wildman–Crippen LogP) is 4.81. The van der Waals surface area contributed by atoms with Crippen molar-refractivity contribution in [2.75, 3.05) is 0 Å². The number of rotatable bonds is 0. The second-order valence-corrected chi connectivity index (χ2v) is 6.11. The topological polar surface area (TPSA) is 25.0 Å². The molecule has 100 valence electrons. The Morgan fingerprint density at radius 2 is 1.85 bits per heavy atom. The Kier molecular flexibility index (Phi) is 2.12. The van der Waals surface area contributed by atoms with Crippen molar-refractivity contribution in [3.8, 4) is 5.75 Å². The number of ether oxygens (including phenoxy) is 1. The number of aromatic nitrogens is 1. The van der Waals surface area contributed by atoms with E-state index in [0.29, 0.717) is 0 Å². The zero-order valence-corrected chi connectivity index (χ0v) is 11.9. The Morgan fingerprint density at radius 1 is 1.05 bits per heavy atom. The monoisotopic (exact) mass is 263 g/mol. The number of H-pyrrole nitrogens is 1. The van der Waals surface area contributed by atoms with E-state index in [1.54, 1.807) is 0 Å². The lowest BCUT2D eigenvalue weighted by Crippen LogP contribution is -2.27. The van der Waals surface area contributed by atoms with Gasteiger partial charge in [0.25, 0.3) is 0 Å². The van der Waals surface area contributed by atoms with Crippen molar-refractivity contribution in [1.82, 2.24) is 4.98 Å². The second kappa shape index (κ2) is 3.66. The molecule has 1 aliphatic heterocycles. The van der Waals surface area contributed by atoms with Gasteiger partial charge in [-0.25, -0.2) is 0 Å². The average Bonchev–Trinajstić information content (AvgIpc) is 2.75. The first-order chi connectivity index (χ1) is 9.53. The Hall–Kier alpha value is -2.22. The van der Waals surface area contributed by atoms with Crippen molar-refractivity contribution >= 4 is 27.9 Å². The zero-order valence-electron chi connectivity index (χ0n) is 11.9. The first-order valence-electron chi connectivity index (χ1n) is 6.97. The van der Waals surface area contributed by atoms with E-state index in [-0.39, 0.29) is 5.60 Å². The fraction of sp³-hybridized carbons (Fsp3) is 0.222.